The van der Waals surface area contributed by atoms with Crippen molar-refractivity contribution in [3.63, 3.8) is 0 Å². The molecule has 0 aromatic heterocycles. The first-order valence-electron chi connectivity index (χ1n) is 5.02. The number of nitriles is 1. The van der Waals surface area contributed by atoms with E-state index < -0.39 is 0 Å². The van der Waals surface area contributed by atoms with Crippen LogP contribution in [-0.2, 0) is 6.54 Å². The summed E-state index contributed by atoms with van der Waals surface area (Å²) in [6.45, 7) is 5.46. The number of hydrogen-bond donors (Lipinski definition) is 0. The van der Waals surface area contributed by atoms with E-state index in [9.17, 15) is 0 Å². The fraction of sp³-hybridized carbons (Fsp3) is 0.308. The first-order valence-corrected chi connectivity index (χ1v) is 5.02. The molecule has 0 saturated carbocycles. The van der Waals surface area contributed by atoms with Crippen molar-refractivity contribution in [1.29, 1.82) is 5.26 Å². The topological polar surface area (TPSA) is 27.0 Å². The van der Waals surface area contributed by atoms with E-state index in [1.807, 2.05) is 18.2 Å². The van der Waals surface area contributed by atoms with Crippen molar-refractivity contribution >= 4 is 0 Å². The number of nitrogens with zero attached hydrogens (tertiary/aromatic N) is 2. The van der Waals surface area contributed by atoms with Crippen LogP contribution in [0.3, 0.4) is 0 Å². The van der Waals surface area contributed by atoms with E-state index in [2.05, 4.69) is 36.7 Å². The zero-order chi connectivity index (χ0) is 11.1. The van der Waals surface area contributed by atoms with Crippen molar-refractivity contribution < 1.29 is 0 Å². The maximum atomic E-state index is 8.57. The summed E-state index contributed by atoms with van der Waals surface area (Å²) in [6.07, 6.45) is 0.750. The quantitative estimate of drug-likeness (QED) is 0.683. The Kier molecular flexibility index (Phi) is 4.59. The van der Waals surface area contributed by atoms with Crippen LogP contribution in [0.1, 0.15) is 12.0 Å². The molecule has 0 aliphatic rings. The van der Waals surface area contributed by atoms with E-state index in [4.69, 9.17) is 5.26 Å². The largest absolute Gasteiger partial charge is 0.302 e. The van der Waals surface area contributed by atoms with Crippen LogP contribution in [0.4, 0.5) is 0 Å². The molecule has 2 nitrogen and oxygen atoms in total. The smallest absolute Gasteiger partial charge is 0.0941 e. The van der Waals surface area contributed by atoms with Crippen LogP contribution in [-0.4, -0.2) is 18.5 Å². The summed E-state index contributed by atoms with van der Waals surface area (Å²) < 4.78 is 0. The number of hydrogen-bond acceptors (Lipinski definition) is 2. The van der Waals surface area contributed by atoms with Crippen molar-refractivity contribution in [2.75, 3.05) is 13.6 Å². The Balaban J connectivity index is 2.34. The summed E-state index contributed by atoms with van der Waals surface area (Å²) in [5, 5.41) is 8.57. The van der Waals surface area contributed by atoms with E-state index >= 15 is 0 Å². The average Bonchev–Trinajstić information content (AvgIpc) is 2.27. The number of rotatable bonds is 5. The van der Waals surface area contributed by atoms with Crippen LogP contribution in [0.5, 0.6) is 0 Å². The molecular weight excluding hydrogens is 184 g/mol. The summed E-state index contributed by atoms with van der Waals surface area (Å²) in [4.78, 5) is 2.19. The van der Waals surface area contributed by atoms with Gasteiger partial charge in [-0.3, -0.25) is 0 Å². The predicted octanol–water partition coefficient (Wildman–Crippen LogP) is 2.59. The van der Waals surface area contributed by atoms with Crippen LogP contribution in [0.25, 0.3) is 0 Å². The highest BCUT2D eigenvalue weighted by Crippen LogP contribution is 2.04. The molecule has 1 aromatic carbocycles. The third kappa shape index (κ3) is 4.44. The Labute approximate surface area is 91.4 Å². The van der Waals surface area contributed by atoms with Gasteiger partial charge in [-0.25, -0.2) is 0 Å². The highest BCUT2D eigenvalue weighted by molar-refractivity contribution is 5.16. The third-order valence-electron chi connectivity index (χ3n) is 2.25. The minimum atomic E-state index is 0.648. The van der Waals surface area contributed by atoms with E-state index in [1.165, 1.54) is 5.56 Å². The lowest BCUT2D eigenvalue weighted by molar-refractivity contribution is 0.332. The predicted molar refractivity (Wildman–Crippen MR) is 62.1 cm³/mol. The summed E-state index contributed by atoms with van der Waals surface area (Å²) in [5.74, 6) is 0. The van der Waals surface area contributed by atoms with Crippen LogP contribution in [0.15, 0.2) is 42.5 Å². The van der Waals surface area contributed by atoms with Gasteiger partial charge in [0.2, 0.25) is 0 Å². The van der Waals surface area contributed by atoms with E-state index in [-0.39, 0.29) is 0 Å². The van der Waals surface area contributed by atoms with Crippen LogP contribution in [0, 0.1) is 11.3 Å². The maximum Gasteiger partial charge on any atom is 0.0941 e. The first kappa shape index (κ1) is 11.5. The Morgan fingerprint density at radius 1 is 1.40 bits per heavy atom. The lowest BCUT2D eigenvalue weighted by Gasteiger charge is -2.15. The molecule has 0 aliphatic heterocycles. The van der Waals surface area contributed by atoms with Gasteiger partial charge in [-0.15, -0.1) is 0 Å². The molecule has 0 aliphatic carbocycles. The normalized spacial score (nSPS) is 9.93. The van der Waals surface area contributed by atoms with E-state index in [0.29, 0.717) is 5.57 Å². The van der Waals surface area contributed by atoms with Crippen molar-refractivity contribution in [2.45, 2.75) is 13.0 Å². The van der Waals surface area contributed by atoms with Crippen LogP contribution in [0.2, 0.25) is 0 Å². The molecule has 0 atom stereocenters. The Morgan fingerprint density at radius 2 is 2.07 bits per heavy atom. The van der Waals surface area contributed by atoms with Gasteiger partial charge in [-0.1, -0.05) is 36.9 Å². The van der Waals surface area contributed by atoms with Gasteiger partial charge < -0.3 is 4.90 Å². The molecule has 15 heavy (non-hydrogen) atoms. The summed E-state index contributed by atoms with van der Waals surface area (Å²) in [5.41, 5.74) is 1.94. The van der Waals surface area contributed by atoms with E-state index in [1.54, 1.807) is 0 Å². The average molecular weight is 200 g/mol. The molecule has 1 rings (SSSR count). The summed E-state index contributed by atoms with van der Waals surface area (Å²) in [7, 11) is 2.05. The van der Waals surface area contributed by atoms with Gasteiger partial charge in [-0.05, 0) is 19.0 Å². The van der Waals surface area contributed by atoms with Crippen LogP contribution < -0.4 is 0 Å². The standard InChI is InChI=1S/C13H16N2/c1-12(10-14)8-9-15(2)11-13-6-4-3-5-7-13/h3-7H,1,8-9,11H2,2H3. The van der Waals surface area contributed by atoms with Gasteiger partial charge in [0, 0.05) is 18.7 Å². The molecule has 78 valence electrons. The van der Waals surface area contributed by atoms with Crippen molar-refractivity contribution in [3.8, 4) is 6.07 Å². The molecule has 0 saturated heterocycles. The first-order chi connectivity index (χ1) is 7.22. The Hall–Kier alpha value is -1.59. The monoisotopic (exact) mass is 200 g/mol. The summed E-state index contributed by atoms with van der Waals surface area (Å²) in [6, 6.07) is 12.4. The van der Waals surface area contributed by atoms with Gasteiger partial charge in [0.25, 0.3) is 0 Å². The highest BCUT2D eigenvalue weighted by Gasteiger charge is 2.00. The molecular formula is C13H16N2. The van der Waals surface area contributed by atoms with Crippen molar-refractivity contribution in [1.82, 2.24) is 4.90 Å². The highest BCUT2D eigenvalue weighted by atomic mass is 15.1. The zero-order valence-corrected chi connectivity index (χ0v) is 9.11. The zero-order valence-electron chi connectivity index (χ0n) is 9.11. The van der Waals surface area contributed by atoms with Gasteiger partial charge in [0.1, 0.15) is 0 Å². The second-order valence-corrected chi connectivity index (χ2v) is 3.69. The van der Waals surface area contributed by atoms with Crippen LogP contribution >= 0.6 is 0 Å². The van der Waals surface area contributed by atoms with Gasteiger partial charge in [0.15, 0.2) is 0 Å². The second-order valence-electron chi connectivity index (χ2n) is 3.69. The molecule has 0 unspecified atom stereocenters. The molecule has 0 amide bonds. The fourth-order valence-electron chi connectivity index (χ4n) is 1.36. The molecule has 1 aromatic rings. The summed E-state index contributed by atoms with van der Waals surface area (Å²) >= 11 is 0. The minimum absolute atomic E-state index is 0.648. The van der Waals surface area contributed by atoms with Crippen molar-refractivity contribution in [3.05, 3.63) is 48.0 Å². The maximum absolute atomic E-state index is 8.57. The fourth-order valence-corrected chi connectivity index (χ4v) is 1.36. The molecule has 2 heteroatoms. The van der Waals surface area contributed by atoms with Gasteiger partial charge in [0.05, 0.1) is 6.07 Å². The van der Waals surface area contributed by atoms with Gasteiger partial charge in [-0.2, -0.15) is 5.26 Å². The lowest BCUT2D eigenvalue weighted by Crippen LogP contribution is -2.19. The molecule has 0 radical (unpaired) electrons. The minimum Gasteiger partial charge on any atom is -0.302 e. The molecule has 0 spiro atoms. The van der Waals surface area contributed by atoms with Crippen molar-refractivity contribution in [2.24, 2.45) is 0 Å². The molecule has 0 fully saturated rings. The Morgan fingerprint density at radius 3 is 2.67 bits per heavy atom. The molecule has 0 heterocycles. The number of benzene rings is 1. The van der Waals surface area contributed by atoms with E-state index in [0.717, 1.165) is 19.5 Å². The SMILES string of the molecule is C=C(C#N)CCN(C)Cc1ccccc1. The molecule has 0 bridgehead atoms. The Bertz CT molecular complexity index is 349. The third-order valence-corrected chi connectivity index (χ3v) is 2.25. The second kappa shape index (κ2) is 6.00. The van der Waals surface area contributed by atoms with Gasteiger partial charge >= 0.3 is 0 Å². The molecule has 0 N–H and O–H groups in total. The lowest BCUT2D eigenvalue weighted by atomic mass is 10.2.